The van der Waals surface area contributed by atoms with Crippen LogP contribution < -0.4 is 5.32 Å². The van der Waals surface area contributed by atoms with E-state index in [0.717, 1.165) is 18.4 Å². The van der Waals surface area contributed by atoms with Crippen molar-refractivity contribution < 1.29 is 14.3 Å². The van der Waals surface area contributed by atoms with Crippen molar-refractivity contribution in [1.82, 2.24) is 9.88 Å². The summed E-state index contributed by atoms with van der Waals surface area (Å²) in [5.74, 6) is -0.432. The number of urea groups is 1. The number of nitrogens with one attached hydrogen (secondary N) is 1. The van der Waals surface area contributed by atoms with E-state index < -0.39 is 11.5 Å². The fourth-order valence-electron chi connectivity index (χ4n) is 4.20. The largest absolute Gasteiger partial charge is 0.386 e. The predicted octanol–water partition coefficient (Wildman–Crippen LogP) is 4.40. The Labute approximate surface area is 162 Å². The van der Waals surface area contributed by atoms with E-state index in [1.54, 1.807) is 43.0 Å². The minimum absolute atomic E-state index is 0.0349. The highest BCUT2D eigenvalue weighted by Crippen LogP contribution is 2.44. The van der Waals surface area contributed by atoms with Gasteiger partial charge in [0, 0.05) is 34.1 Å². The molecule has 2 N–H and O–H groups in total. The maximum Gasteiger partial charge on any atom is 0.322 e. The molecule has 2 atom stereocenters. The molecule has 2 aliphatic rings. The minimum Gasteiger partial charge on any atom is -0.386 e. The zero-order valence-electron chi connectivity index (χ0n) is 15.2. The lowest BCUT2D eigenvalue weighted by molar-refractivity contribution is 0.0787. The SMILES string of the molecule is CC(C)(O)c1ccc(NC(=O)N2C3CCC2c2ccnc(F)c2C3)cc1Cl. The number of fused-ring (bicyclic) bond motifs is 4. The molecular formula is C20H21ClFN3O2. The average molecular weight is 390 g/mol. The van der Waals surface area contributed by atoms with Crippen LogP contribution >= 0.6 is 11.6 Å². The monoisotopic (exact) mass is 389 g/mol. The van der Waals surface area contributed by atoms with Gasteiger partial charge in [-0.2, -0.15) is 4.39 Å². The van der Waals surface area contributed by atoms with Crippen LogP contribution in [0.4, 0.5) is 14.9 Å². The van der Waals surface area contributed by atoms with Gasteiger partial charge in [-0.15, -0.1) is 0 Å². The van der Waals surface area contributed by atoms with Gasteiger partial charge in [-0.1, -0.05) is 17.7 Å². The highest BCUT2D eigenvalue weighted by molar-refractivity contribution is 6.31. The van der Waals surface area contributed by atoms with Crippen LogP contribution in [0.15, 0.2) is 30.5 Å². The van der Waals surface area contributed by atoms with Crippen molar-refractivity contribution in [2.45, 2.75) is 50.8 Å². The van der Waals surface area contributed by atoms with Gasteiger partial charge in [0.25, 0.3) is 0 Å². The van der Waals surface area contributed by atoms with Crippen molar-refractivity contribution in [2.24, 2.45) is 0 Å². The van der Waals surface area contributed by atoms with E-state index in [4.69, 9.17) is 11.6 Å². The number of aliphatic hydroxyl groups is 1. The molecule has 2 aromatic rings. The van der Waals surface area contributed by atoms with E-state index in [2.05, 4.69) is 10.3 Å². The number of halogens is 2. The molecule has 2 unspecified atom stereocenters. The molecule has 2 aliphatic heterocycles. The quantitative estimate of drug-likeness (QED) is 0.748. The standard InChI is InChI=1S/C20H21ClFN3O2/c1-20(2,27)15-5-3-11(9-16(15)21)24-19(26)25-12-4-6-17(25)13-7-8-23-18(22)14(13)10-12/h3,5,7-9,12,17,27H,4,6,10H2,1-2H3,(H,24,26). The highest BCUT2D eigenvalue weighted by atomic mass is 35.5. The Balaban J connectivity index is 1.57. The lowest BCUT2D eigenvalue weighted by Crippen LogP contribution is -2.44. The maximum absolute atomic E-state index is 14.0. The molecule has 1 saturated heterocycles. The number of anilines is 1. The second kappa shape index (κ2) is 6.46. The molecule has 3 heterocycles. The molecule has 5 nitrogen and oxygen atoms in total. The van der Waals surface area contributed by atoms with Crippen LogP contribution in [0.3, 0.4) is 0 Å². The van der Waals surface area contributed by atoms with E-state index in [0.29, 0.717) is 28.3 Å². The molecule has 0 spiro atoms. The first-order chi connectivity index (χ1) is 12.8. The summed E-state index contributed by atoms with van der Waals surface area (Å²) in [6.45, 7) is 3.31. The number of nitrogens with zero attached hydrogens (tertiary/aromatic N) is 2. The van der Waals surface area contributed by atoms with Crippen LogP contribution in [-0.4, -0.2) is 27.1 Å². The number of hydrogen-bond donors (Lipinski definition) is 2. The molecule has 4 rings (SSSR count). The van der Waals surface area contributed by atoms with Gasteiger partial charge < -0.3 is 15.3 Å². The first-order valence-corrected chi connectivity index (χ1v) is 9.38. The van der Waals surface area contributed by atoms with Crippen molar-refractivity contribution in [1.29, 1.82) is 0 Å². The van der Waals surface area contributed by atoms with Gasteiger partial charge in [0.1, 0.15) is 0 Å². The van der Waals surface area contributed by atoms with Gasteiger partial charge in [-0.25, -0.2) is 9.78 Å². The van der Waals surface area contributed by atoms with Crippen LogP contribution in [0.2, 0.25) is 5.02 Å². The van der Waals surface area contributed by atoms with Crippen molar-refractivity contribution in [3.63, 3.8) is 0 Å². The van der Waals surface area contributed by atoms with Crippen molar-refractivity contribution in [3.05, 3.63) is 58.1 Å². The molecule has 1 aromatic carbocycles. The van der Waals surface area contributed by atoms with E-state index >= 15 is 0 Å². The van der Waals surface area contributed by atoms with Gasteiger partial charge in [0.15, 0.2) is 0 Å². The van der Waals surface area contributed by atoms with Gasteiger partial charge in [-0.3, -0.25) is 0 Å². The van der Waals surface area contributed by atoms with Gasteiger partial charge in [0.2, 0.25) is 5.95 Å². The molecule has 2 amide bonds. The minimum atomic E-state index is -1.06. The second-order valence-electron chi connectivity index (χ2n) is 7.71. The number of amides is 2. The highest BCUT2D eigenvalue weighted by Gasteiger charge is 2.43. The third-order valence-electron chi connectivity index (χ3n) is 5.45. The van der Waals surface area contributed by atoms with Gasteiger partial charge in [0.05, 0.1) is 11.6 Å². The van der Waals surface area contributed by atoms with Crippen molar-refractivity contribution in [2.75, 3.05) is 5.32 Å². The molecule has 142 valence electrons. The normalized spacial score (nSPS) is 21.1. The number of pyridine rings is 1. The second-order valence-corrected chi connectivity index (χ2v) is 8.12. The van der Waals surface area contributed by atoms with E-state index in [1.165, 1.54) is 6.20 Å². The third-order valence-corrected chi connectivity index (χ3v) is 5.77. The fraction of sp³-hybridized carbons (Fsp3) is 0.400. The number of hydrogen-bond acceptors (Lipinski definition) is 3. The smallest absolute Gasteiger partial charge is 0.322 e. The van der Waals surface area contributed by atoms with E-state index in [9.17, 15) is 14.3 Å². The molecule has 7 heteroatoms. The predicted molar refractivity (Wildman–Crippen MR) is 101 cm³/mol. The summed E-state index contributed by atoms with van der Waals surface area (Å²) < 4.78 is 14.0. The Morgan fingerprint density at radius 3 is 2.85 bits per heavy atom. The number of benzene rings is 1. The summed E-state index contributed by atoms with van der Waals surface area (Å²) in [7, 11) is 0. The number of rotatable bonds is 2. The number of carbonyl (C=O) groups is 1. The summed E-state index contributed by atoms with van der Waals surface area (Å²) in [4.78, 5) is 18.5. The third kappa shape index (κ3) is 3.17. The first-order valence-electron chi connectivity index (χ1n) is 9.00. The zero-order chi connectivity index (χ0) is 19.3. The Morgan fingerprint density at radius 1 is 1.37 bits per heavy atom. The fourth-order valence-corrected chi connectivity index (χ4v) is 4.62. The molecule has 0 radical (unpaired) electrons. The lowest BCUT2D eigenvalue weighted by atomic mass is 9.95. The summed E-state index contributed by atoms with van der Waals surface area (Å²) in [6, 6.07) is 6.47. The van der Waals surface area contributed by atoms with Gasteiger partial charge >= 0.3 is 6.03 Å². The molecule has 1 fully saturated rings. The molecular weight excluding hydrogens is 369 g/mol. The molecule has 2 bridgehead atoms. The van der Waals surface area contributed by atoms with E-state index in [-0.39, 0.29) is 18.1 Å². The summed E-state index contributed by atoms with van der Waals surface area (Å²) in [5, 5.41) is 13.4. The number of aromatic nitrogens is 1. The summed E-state index contributed by atoms with van der Waals surface area (Å²) >= 11 is 6.26. The van der Waals surface area contributed by atoms with Crippen LogP contribution in [-0.2, 0) is 12.0 Å². The molecule has 0 aliphatic carbocycles. The average Bonchev–Trinajstić information content (AvgIpc) is 2.90. The van der Waals surface area contributed by atoms with Crippen molar-refractivity contribution >= 4 is 23.3 Å². The molecule has 0 saturated carbocycles. The van der Waals surface area contributed by atoms with Crippen molar-refractivity contribution in [3.8, 4) is 0 Å². The molecule has 1 aromatic heterocycles. The van der Waals surface area contributed by atoms with Crippen LogP contribution in [0, 0.1) is 5.95 Å². The Morgan fingerprint density at radius 2 is 2.15 bits per heavy atom. The zero-order valence-corrected chi connectivity index (χ0v) is 15.9. The Kier molecular flexibility index (Phi) is 4.35. The summed E-state index contributed by atoms with van der Waals surface area (Å²) in [5.41, 5.74) is 1.57. The summed E-state index contributed by atoms with van der Waals surface area (Å²) in [6.07, 6.45) is 3.59. The van der Waals surface area contributed by atoms with Crippen LogP contribution in [0.1, 0.15) is 49.4 Å². The maximum atomic E-state index is 14.0. The topological polar surface area (TPSA) is 65.5 Å². The molecule has 27 heavy (non-hydrogen) atoms. The first kappa shape index (κ1) is 18.2. The van der Waals surface area contributed by atoms with E-state index in [1.807, 2.05) is 0 Å². The van der Waals surface area contributed by atoms with Gasteiger partial charge in [-0.05, 0) is 56.9 Å². The van der Waals surface area contributed by atoms with Crippen LogP contribution in [0.5, 0.6) is 0 Å². The Hall–Kier alpha value is -2.18. The Bertz CT molecular complexity index is 913. The lowest BCUT2D eigenvalue weighted by Gasteiger charge is -2.36. The number of carbonyl (C=O) groups excluding carboxylic acids is 1. The van der Waals surface area contributed by atoms with Crippen LogP contribution in [0.25, 0.3) is 0 Å².